The predicted octanol–water partition coefficient (Wildman–Crippen LogP) is 6.84. The van der Waals surface area contributed by atoms with Crippen LogP contribution in [0, 0.1) is 0 Å². The normalized spacial score (nSPS) is 16.9. The first-order valence-electron chi connectivity index (χ1n) is 17.1. The molecule has 1 atom stereocenters. The molecule has 3 N–H and O–H groups in total. The fraction of sp³-hybridized carbons (Fsp3) is 0.368. The number of hydrogen-bond donors (Lipinski definition) is 3. The Bertz CT molecular complexity index is 1790. The van der Waals surface area contributed by atoms with E-state index >= 15 is 0 Å². The summed E-state index contributed by atoms with van der Waals surface area (Å²) in [6, 6.07) is 14.6. The average Bonchev–Trinajstić information content (AvgIpc) is 3.40. The first-order chi connectivity index (χ1) is 24.1. The molecule has 0 unspecified atom stereocenters. The zero-order valence-corrected chi connectivity index (χ0v) is 30.3. The molecule has 0 spiro atoms. The van der Waals surface area contributed by atoms with E-state index < -0.39 is 11.9 Å². The number of carbonyl (C=O) groups is 3. The molecular weight excluding hydrogens is 669 g/mol. The Morgan fingerprint density at radius 2 is 1.84 bits per heavy atom. The molecule has 1 saturated carbocycles. The number of aromatic nitrogens is 1. The highest BCUT2D eigenvalue weighted by Crippen LogP contribution is 2.30. The lowest BCUT2D eigenvalue weighted by Gasteiger charge is -2.35. The summed E-state index contributed by atoms with van der Waals surface area (Å²) < 4.78 is 7.85. The zero-order valence-electron chi connectivity index (χ0n) is 28.7. The molecule has 2 aromatic carbocycles. The van der Waals surface area contributed by atoms with E-state index in [9.17, 15) is 14.4 Å². The quantitative estimate of drug-likeness (QED) is 0.185. The van der Waals surface area contributed by atoms with E-state index in [0.29, 0.717) is 24.4 Å². The summed E-state index contributed by atoms with van der Waals surface area (Å²) >= 11 is 2.93. The number of para-hydroxylation sites is 1. The van der Waals surface area contributed by atoms with E-state index in [-0.39, 0.29) is 29.2 Å². The van der Waals surface area contributed by atoms with Gasteiger partial charge in [0.05, 0.1) is 40.5 Å². The van der Waals surface area contributed by atoms with Crippen LogP contribution in [0.15, 0.2) is 101 Å². The molecule has 0 saturated heterocycles. The number of Topliss-reactive ketones (excluding diaryl/α,β-unsaturated/α-hetero) is 1. The monoisotopic (exact) mass is 712 g/mol. The number of ether oxygens (including phenoxy) is 1. The van der Waals surface area contributed by atoms with Gasteiger partial charge in [-0.25, -0.2) is 9.78 Å². The molecule has 0 bridgehead atoms. The molecule has 1 fully saturated rings. The van der Waals surface area contributed by atoms with E-state index in [1.54, 1.807) is 34.7 Å². The average molecular weight is 713 g/mol. The van der Waals surface area contributed by atoms with Crippen LogP contribution in [0.1, 0.15) is 58.4 Å². The molecule has 1 aromatic heterocycles. The van der Waals surface area contributed by atoms with Crippen LogP contribution in [-0.2, 0) is 16.0 Å². The maximum Gasteiger partial charge on any atom is 0.319 e. The number of nitrogens with zero attached hydrogens (tertiary/aromatic N) is 3. The van der Waals surface area contributed by atoms with Crippen LogP contribution < -0.4 is 20.7 Å². The van der Waals surface area contributed by atoms with Gasteiger partial charge in [0.1, 0.15) is 17.0 Å². The first-order valence-corrected chi connectivity index (χ1v) is 18.9. The second-order valence-corrected chi connectivity index (χ2v) is 15.8. The summed E-state index contributed by atoms with van der Waals surface area (Å²) in [7, 11) is 0. The Morgan fingerprint density at radius 1 is 1.06 bits per heavy atom. The number of rotatable bonds is 11. The highest BCUT2D eigenvalue weighted by Gasteiger charge is 2.29. The van der Waals surface area contributed by atoms with E-state index in [1.807, 2.05) is 92.7 Å². The molecule has 3 amide bonds. The molecule has 1 aliphatic carbocycles. The second kappa shape index (κ2) is 16.0. The van der Waals surface area contributed by atoms with Crippen LogP contribution in [0.3, 0.4) is 0 Å². The van der Waals surface area contributed by atoms with Crippen LogP contribution in [0.25, 0.3) is 10.2 Å². The van der Waals surface area contributed by atoms with Gasteiger partial charge in [0, 0.05) is 12.2 Å². The van der Waals surface area contributed by atoms with Gasteiger partial charge >= 0.3 is 6.03 Å². The third-order valence-electron chi connectivity index (χ3n) is 8.41. The molecule has 3 aromatic rings. The van der Waals surface area contributed by atoms with Crippen molar-refractivity contribution in [2.45, 2.75) is 81.3 Å². The number of carbonyl (C=O) groups excluding carboxylic acids is 3. The summed E-state index contributed by atoms with van der Waals surface area (Å²) in [5.41, 5.74) is 2.33. The van der Waals surface area contributed by atoms with Gasteiger partial charge < -0.3 is 20.7 Å². The van der Waals surface area contributed by atoms with E-state index in [4.69, 9.17) is 4.74 Å². The number of thioether (sulfide) groups is 1. The fourth-order valence-corrected chi connectivity index (χ4v) is 8.04. The SMILES string of the molecule is CC(C)(C)Oc1ccc(C[C@H](NC(=O)C2=CC=CN3CC=CC(NC(=O)NC4CCCCC4)=CN23)C(=O)CSc2nc3ccccc3s2)cc1. The number of urea groups is 1. The number of amides is 3. The van der Waals surface area contributed by atoms with Gasteiger partial charge in [-0.1, -0.05) is 61.4 Å². The predicted molar refractivity (Wildman–Crippen MR) is 199 cm³/mol. The number of hydrazine groups is 1. The Hall–Kier alpha value is -4.55. The van der Waals surface area contributed by atoms with Crippen molar-refractivity contribution >= 4 is 51.0 Å². The van der Waals surface area contributed by atoms with Gasteiger partial charge in [-0.3, -0.25) is 19.6 Å². The number of thiazole rings is 1. The van der Waals surface area contributed by atoms with Gasteiger partial charge in [-0.2, -0.15) is 0 Å². The molecular formula is C38H44N6O4S2. The number of ketones is 1. The number of fused-ring (bicyclic) bond motifs is 2. The number of benzene rings is 2. The van der Waals surface area contributed by atoms with Crippen molar-refractivity contribution in [3.8, 4) is 5.75 Å². The minimum Gasteiger partial charge on any atom is -0.488 e. The Kier molecular flexibility index (Phi) is 11.3. The molecule has 12 heteroatoms. The summed E-state index contributed by atoms with van der Waals surface area (Å²) in [6.07, 6.45) is 16.6. The molecule has 3 aliphatic rings. The van der Waals surface area contributed by atoms with Crippen molar-refractivity contribution in [2.24, 2.45) is 0 Å². The maximum atomic E-state index is 14.0. The van der Waals surface area contributed by atoms with E-state index in [1.165, 1.54) is 18.2 Å². The van der Waals surface area contributed by atoms with Crippen molar-refractivity contribution in [2.75, 3.05) is 12.3 Å². The largest absolute Gasteiger partial charge is 0.488 e. The summed E-state index contributed by atoms with van der Waals surface area (Å²) in [6.45, 7) is 6.46. The molecule has 0 radical (unpaired) electrons. The lowest BCUT2D eigenvalue weighted by molar-refractivity contribution is -0.126. The van der Waals surface area contributed by atoms with Gasteiger partial charge in [0.2, 0.25) is 0 Å². The van der Waals surface area contributed by atoms with E-state index in [2.05, 4.69) is 20.9 Å². The maximum absolute atomic E-state index is 14.0. The fourth-order valence-electron chi connectivity index (χ4n) is 6.03. The number of hydrogen-bond acceptors (Lipinski definition) is 9. The van der Waals surface area contributed by atoms with Gasteiger partial charge in [0.15, 0.2) is 10.1 Å². The molecule has 6 rings (SSSR count). The van der Waals surface area contributed by atoms with Crippen LogP contribution in [0.4, 0.5) is 4.79 Å². The van der Waals surface area contributed by atoms with Crippen molar-refractivity contribution in [3.63, 3.8) is 0 Å². The molecule has 262 valence electrons. The Balaban J connectivity index is 1.17. The molecule has 3 heterocycles. The topological polar surface area (TPSA) is 116 Å². The Morgan fingerprint density at radius 3 is 2.60 bits per heavy atom. The van der Waals surface area contributed by atoms with Crippen LogP contribution in [0.5, 0.6) is 5.75 Å². The van der Waals surface area contributed by atoms with Gasteiger partial charge in [-0.15, -0.1) is 11.3 Å². The highest BCUT2D eigenvalue weighted by molar-refractivity contribution is 8.01. The smallest absolute Gasteiger partial charge is 0.319 e. The minimum absolute atomic E-state index is 0.115. The second-order valence-electron chi connectivity index (χ2n) is 13.6. The van der Waals surface area contributed by atoms with Gasteiger partial charge in [0.25, 0.3) is 5.91 Å². The van der Waals surface area contributed by atoms with Crippen molar-refractivity contribution in [3.05, 3.63) is 102 Å². The van der Waals surface area contributed by atoms with Crippen LogP contribution >= 0.6 is 23.1 Å². The van der Waals surface area contributed by atoms with Crippen molar-refractivity contribution in [1.29, 1.82) is 0 Å². The summed E-state index contributed by atoms with van der Waals surface area (Å²) in [5.74, 6) is 0.367. The standard InChI is InChI=1S/C38H44N6O4S2/c1-38(2,3)48-29-19-17-26(18-20-29)23-31(33(45)25-49-37-42-30-14-7-8-16-34(30)50-37)41-35(46)32-15-10-22-43-21-9-13-28(24-44(32)43)40-36(47)39-27-11-5-4-6-12-27/h7-10,13-20,22,24,27,31H,4-6,11-12,21,23,25H2,1-3H3,(H,41,46)(H2,39,40,47)/t31-/m0/s1. The third kappa shape index (κ3) is 9.57. The highest BCUT2D eigenvalue weighted by atomic mass is 32.2. The first kappa shape index (κ1) is 35.3. The van der Waals surface area contributed by atoms with Crippen LogP contribution in [0.2, 0.25) is 0 Å². The third-order valence-corrected chi connectivity index (χ3v) is 10.6. The lowest BCUT2D eigenvalue weighted by Crippen LogP contribution is -2.48. The summed E-state index contributed by atoms with van der Waals surface area (Å²) in [5, 5.41) is 12.7. The van der Waals surface area contributed by atoms with Gasteiger partial charge in [-0.05, 0) is 88.1 Å². The lowest BCUT2D eigenvalue weighted by atomic mass is 9.96. The van der Waals surface area contributed by atoms with Crippen molar-refractivity contribution in [1.82, 2.24) is 31.0 Å². The molecule has 10 nitrogen and oxygen atoms in total. The van der Waals surface area contributed by atoms with Crippen LogP contribution in [-0.4, -0.2) is 62.7 Å². The van der Waals surface area contributed by atoms with E-state index in [0.717, 1.165) is 51.6 Å². The minimum atomic E-state index is -0.799. The number of allylic oxidation sites excluding steroid dienone is 3. The molecule has 2 aliphatic heterocycles. The summed E-state index contributed by atoms with van der Waals surface area (Å²) in [4.78, 5) is 45.5. The zero-order chi connectivity index (χ0) is 35.1. The van der Waals surface area contributed by atoms with Crippen molar-refractivity contribution < 1.29 is 19.1 Å². The number of nitrogens with one attached hydrogen (secondary N) is 3. The Labute approximate surface area is 301 Å². The molecule has 50 heavy (non-hydrogen) atoms.